The zero-order valence-electron chi connectivity index (χ0n) is 15.7. The number of sulfonamides is 1. The first-order valence-electron chi connectivity index (χ1n) is 8.29. The molecule has 0 spiro atoms. The fourth-order valence-electron chi connectivity index (χ4n) is 2.31. The molecule has 0 saturated heterocycles. The molecule has 2 aromatic rings. The van der Waals surface area contributed by atoms with Crippen molar-refractivity contribution in [1.29, 1.82) is 0 Å². The second-order valence-electron chi connectivity index (χ2n) is 6.13. The van der Waals surface area contributed by atoms with Crippen molar-refractivity contribution in [3.8, 4) is 0 Å². The minimum absolute atomic E-state index is 0.0741. The maximum absolute atomic E-state index is 14.0. The van der Waals surface area contributed by atoms with Gasteiger partial charge in [-0.3, -0.25) is 9.59 Å². The number of rotatable bonds is 7. The Kier molecular flexibility index (Phi) is 7.12. The highest BCUT2D eigenvalue weighted by molar-refractivity contribution is 7.89. The van der Waals surface area contributed by atoms with Gasteiger partial charge in [0.1, 0.15) is 10.7 Å². The average molecular weight is 440 g/mol. The second-order valence-corrected chi connectivity index (χ2v) is 8.28. The van der Waals surface area contributed by atoms with Gasteiger partial charge in [-0.2, -0.15) is 0 Å². The Morgan fingerprint density at radius 1 is 1.21 bits per heavy atom. The fraction of sp³-hybridized carbons (Fsp3) is 0.158. The predicted octanol–water partition coefficient (Wildman–Crippen LogP) is 2.90. The zero-order chi connectivity index (χ0) is 21.8. The Labute approximate surface area is 173 Å². The largest absolute Gasteiger partial charge is 0.345 e. The van der Waals surface area contributed by atoms with E-state index in [1.54, 1.807) is 14.1 Å². The van der Waals surface area contributed by atoms with Gasteiger partial charge in [-0.05, 0) is 36.4 Å². The van der Waals surface area contributed by atoms with Crippen molar-refractivity contribution >= 4 is 39.1 Å². The molecule has 0 aliphatic carbocycles. The summed E-state index contributed by atoms with van der Waals surface area (Å²) in [6.45, 7) is 3.30. The topological polar surface area (TPSA) is 95.6 Å². The lowest BCUT2D eigenvalue weighted by Gasteiger charge is -2.13. The summed E-state index contributed by atoms with van der Waals surface area (Å²) >= 11 is 6.11. The van der Waals surface area contributed by atoms with Crippen LogP contribution in [-0.2, 0) is 10.0 Å². The molecule has 0 aliphatic heterocycles. The van der Waals surface area contributed by atoms with E-state index in [9.17, 15) is 22.4 Å². The molecule has 0 atom stereocenters. The number of amides is 2. The van der Waals surface area contributed by atoms with E-state index in [-0.39, 0.29) is 34.3 Å². The van der Waals surface area contributed by atoms with Gasteiger partial charge in [-0.15, -0.1) is 6.58 Å². The predicted molar refractivity (Wildman–Crippen MR) is 109 cm³/mol. The van der Waals surface area contributed by atoms with Crippen LogP contribution in [0.1, 0.15) is 20.7 Å². The lowest BCUT2D eigenvalue weighted by Crippen LogP contribution is -2.25. The summed E-state index contributed by atoms with van der Waals surface area (Å²) in [7, 11) is -0.988. The maximum atomic E-state index is 14.0. The van der Waals surface area contributed by atoms with Gasteiger partial charge in [0.15, 0.2) is 0 Å². The first kappa shape index (κ1) is 22.5. The normalized spacial score (nSPS) is 11.0. The SMILES string of the molecule is C=CCNS(=O)(=O)c1cc(C(=O)Nc2ccc(C(=O)N(C)C)c(Cl)c2)ccc1F. The summed E-state index contributed by atoms with van der Waals surface area (Å²) < 4.78 is 40.5. The van der Waals surface area contributed by atoms with Crippen LogP contribution in [0.5, 0.6) is 0 Å². The molecule has 0 aromatic heterocycles. The van der Waals surface area contributed by atoms with Crippen LogP contribution in [0.4, 0.5) is 10.1 Å². The Morgan fingerprint density at radius 2 is 1.90 bits per heavy atom. The summed E-state index contributed by atoms with van der Waals surface area (Å²) in [5.41, 5.74) is 0.474. The van der Waals surface area contributed by atoms with Crippen molar-refractivity contribution in [2.24, 2.45) is 0 Å². The highest BCUT2D eigenvalue weighted by Crippen LogP contribution is 2.23. The van der Waals surface area contributed by atoms with Gasteiger partial charge in [0.25, 0.3) is 11.8 Å². The lowest BCUT2D eigenvalue weighted by molar-refractivity contribution is 0.0827. The molecule has 7 nitrogen and oxygen atoms in total. The number of carbonyl (C=O) groups excluding carboxylic acids is 2. The number of anilines is 1. The van der Waals surface area contributed by atoms with Crippen LogP contribution in [0.2, 0.25) is 5.02 Å². The Bertz CT molecular complexity index is 1070. The van der Waals surface area contributed by atoms with Crippen LogP contribution >= 0.6 is 11.6 Å². The minimum Gasteiger partial charge on any atom is -0.345 e. The van der Waals surface area contributed by atoms with Gasteiger partial charge in [0.05, 0.1) is 10.6 Å². The van der Waals surface area contributed by atoms with E-state index in [0.717, 1.165) is 18.2 Å². The van der Waals surface area contributed by atoms with Gasteiger partial charge in [-0.25, -0.2) is 17.5 Å². The Morgan fingerprint density at radius 3 is 2.48 bits per heavy atom. The molecular weight excluding hydrogens is 421 g/mol. The number of carbonyl (C=O) groups is 2. The quantitative estimate of drug-likeness (QED) is 0.648. The van der Waals surface area contributed by atoms with Crippen molar-refractivity contribution < 1.29 is 22.4 Å². The molecule has 0 aliphatic rings. The van der Waals surface area contributed by atoms with Crippen LogP contribution in [0.25, 0.3) is 0 Å². The van der Waals surface area contributed by atoms with Crippen LogP contribution in [0.3, 0.4) is 0 Å². The summed E-state index contributed by atoms with van der Waals surface area (Å²) in [5.74, 6) is -1.96. The molecule has 0 fully saturated rings. The van der Waals surface area contributed by atoms with Gasteiger partial charge >= 0.3 is 0 Å². The van der Waals surface area contributed by atoms with E-state index in [1.807, 2.05) is 0 Å². The molecule has 2 aromatic carbocycles. The fourth-order valence-corrected chi connectivity index (χ4v) is 3.67. The summed E-state index contributed by atoms with van der Waals surface area (Å²) in [4.78, 5) is 25.2. The molecule has 2 amide bonds. The minimum atomic E-state index is -4.15. The van der Waals surface area contributed by atoms with Crippen LogP contribution in [0.15, 0.2) is 53.9 Å². The Hall–Kier alpha value is -2.75. The van der Waals surface area contributed by atoms with Crippen LogP contribution in [-0.4, -0.2) is 45.8 Å². The van der Waals surface area contributed by atoms with Gasteiger partial charge in [0, 0.05) is 31.9 Å². The molecule has 154 valence electrons. The molecule has 2 N–H and O–H groups in total. The smallest absolute Gasteiger partial charge is 0.255 e. The highest BCUT2D eigenvalue weighted by Gasteiger charge is 2.21. The summed E-state index contributed by atoms with van der Waals surface area (Å²) in [5, 5.41) is 2.67. The number of halogens is 2. The molecule has 0 heterocycles. The van der Waals surface area contributed by atoms with Gasteiger partial charge < -0.3 is 10.2 Å². The van der Waals surface area contributed by atoms with Crippen molar-refractivity contribution in [3.05, 3.63) is 71.0 Å². The van der Waals surface area contributed by atoms with Crippen LogP contribution < -0.4 is 10.0 Å². The van der Waals surface area contributed by atoms with E-state index in [0.29, 0.717) is 0 Å². The molecule has 0 bridgehead atoms. The molecule has 0 radical (unpaired) electrons. The van der Waals surface area contributed by atoms with Crippen molar-refractivity contribution in [2.45, 2.75) is 4.90 Å². The molecule has 0 saturated carbocycles. The average Bonchev–Trinajstić information content (AvgIpc) is 2.66. The zero-order valence-corrected chi connectivity index (χ0v) is 17.3. The molecule has 29 heavy (non-hydrogen) atoms. The van der Waals surface area contributed by atoms with E-state index in [4.69, 9.17) is 11.6 Å². The first-order valence-corrected chi connectivity index (χ1v) is 10.2. The molecule has 2 rings (SSSR count). The van der Waals surface area contributed by atoms with E-state index in [2.05, 4.69) is 16.6 Å². The van der Waals surface area contributed by atoms with E-state index < -0.39 is 26.6 Å². The summed E-state index contributed by atoms with van der Waals surface area (Å²) in [6, 6.07) is 7.31. The third kappa shape index (κ3) is 5.41. The molecular formula is C19H19ClFN3O4S. The van der Waals surface area contributed by atoms with Crippen molar-refractivity contribution in [1.82, 2.24) is 9.62 Å². The van der Waals surface area contributed by atoms with E-state index in [1.165, 1.54) is 29.2 Å². The number of benzene rings is 2. The van der Waals surface area contributed by atoms with E-state index >= 15 is 0 Å². The molecule has 10 heteroatoms. The van der Waals surface area contributed by atoms with Gasteiger partial charge in [0.2, 0.25) is 10.0 Å². The van der Waals surface area contributed by atoms with Gasteiger partial charge in [-0.1, -0.05) is 17.7 Å². The van der Waals surface area contributed by atoms with Crippen molar-refractivity contribution in [2.75, 3.05) is 26.0 Å². The third-order valence-electron chi connectivity index (χ3n) is 3.76. The lowest BCUT2D eigenvalue weighted by atomic mass is 10.1. The number of nitrogens with one attached hydrogen (secondary N) is 2. The third-order valence-corrected chi connectivity index (χ3v) is 5.52. The van der Waals surface area contributed by atoms with Crippen molar-refractivity contribution in [3.63, 3.8) is 0 Å². The highest BCUT2D eigenvalue weighted by atomic mass is 35.5. The number of hydrogen-bond acceptors (Lipinski definition) is 4. The standard InChI is InChI=1S/C19H19ClFN3O4S/c1-4-9-22-29(27,28)17-10-12(5-8-16(17)21)18(25)23-13-6-7-14(15(20)11-13)19(26)24(2)3/h4-8,10-11,22H,1,9H2,2-3H3,(H,23,25). The number of hydrogen-bond donors (Lipinski definition) is 2. The second kappa shape index (κ2) is 9.17. The maximum Gasteiger partial charge on any atom is 0.255 e. The van der Waals surface area contributed by atoms with Crippen LogP contribution in [0, 0.1) is 5.82 Å². The number of nitrogens with zero attached hydrogens (tertiary/aromatic N) is 1. The Balaban J connectivity index is 2.28. The summed E-state index contributed by atoms with van der Waals surface area (Å²) in [6.07, 6.45) is 1.31. The first-order chi connectivity index (χ1) is 13.6. The monoisotopic (exact) mass is 439 g/mol. The molecule has 0 unspecified atom stereocenters.